The lowest BCUT2D eigenvalue weighted by atomic mass is 10.2. The van der Waals surface area contributed by atoms with Crippen LogP contribution in [-0.2, 0) is 19.1 Å². The monoisotopic (exact) mass is 323 g/mol. The van der Waals surface area contributed by atoms with Gasteiger partial charge in [-0.2, -0.15) is 0 Å². The van der Waals surface area contributed by atoms with Crippen LogP contribution in [-0.4, -0.2) is 57.3 Å². The molecule has 0 aromatic heterocycles. The fourth-order valence-electron chi connectivity index (χ4n) is 1.96. The van der Waals surface area contributed by atoms with E-state index in [0.717, 1.165) is 5.56 Å². The van der Waals surface area contributed by atoms with E-state index in [2.05, 4.69) is 4.74 Å². The first-order valence-corrected chi connectivity index (χ1v) is 7.59. The Morgan fingerprint density at radius 2 is 1.78 bits per heavy atom. The Morgan fingerprint density at radius 3 is 2.39 bits per heavy atom. The average molecular weight is 323 g/mol. The minimum atomic E-state index is -0.339. The number of carbonyl (C=O) groups is 2. The summed E-state index contributed by atoms with van der Waals surface area (Å²) >= 11 is 0. The van der Waals surface area contributed by atoms with Crippen molar-refractivity contribution in [3.8, 4) is 5.75 Å². The van der Waals surface area contributed by atoms with E-state index >= 15 is 0 Å². The van der Waals surface area contributed by atoms with E-state index in [1.54, 1.807) is 12.0 Å². The molecule has 23 heavy (non-hydrogen) atoms. The van der Waals surface area contributed by atoms with Gasteiger partial charge in [0.2, 0.25) is 0 Å². The highest BCUT2D eigenvalue weighted by atomic mass is 16.5. The number of carbonyl (C=O) groups excluding carboxylic acids is 2. The lowest BCUT2D eigenvalue weighted by molar-refractivity contribution is -0.142. The Hall–Kier alpha value is -2.08. The van der Waals surface area contributed by atoms with Crippen LogP contribution in [0.1, 0.15) is 18.4 Å². The number of benzene rings is 1. The fraction of sp³-hybridized carbons (Fsp3) is 0.529. The van der Waals surface area contributed by atoms with E-state index in [1.807, 2.05) is 31.2 Å². The van der Waals surface area contributed by atoms with E-state index in [4.69, 9.17) is 9.47 Å². The van der Waals surface area contributed by atoms with Gasteiger partial charge in [0.25, 0.3) is 5.91 Å². The lowest BCUT2D eigenvalue weighted by Crippen LogP contribution is -2.37. The molecular weight excluding hydrogens is 298 g/mol. The molecule has 128 valence electrons. The molecule has 6 nitrogen and oxygen atoms in total. The summed E-state index contributed by atoms with van der Waals surface area (Å²) in [5.74, 6) is 0.147. The third-order valence-corrected chi connectivity index (χ3v) is 3.33. The van der Waals surface area contributed by atoms with Gasteiger partial charge in [-0.05, 0) is 25.5 Å². The number of rotatable bonds is 10. The largest absolute Gasteiger partial charge is 0.484 e. The van der Waals surface area contributed by atoms with Gasteiger partial charge < -0.3 is 19.1 Å². The van der Waals surface area contributed by atoms with Crippen molar-refractivity contribution in [2.24, 2.45) is 0 Å². The molecule has 0 aliphatic carbocycles. The maximum Gasteiger partial charge on any atom is 0.307 e. The zero-order valence-corrected chi connectivity index (χ0v) is 14.0. The molecular formula is C17H25NO5. The van der Waals surface area contributed by atoms with Crippen molar-refractivity contribution in [3.05, 3.63) is 29.8 Å². The molecule has 1 aromatic rings. The van der Waals surface area contributed by atoms with Crippen molar-refractivity contribution in [2.75, 3.05) is 40.5 Å². The number of amides is 1. The van der Waals surface area contributed by atoms with Crippen LogP contribution in [0.25, 0.3) is 0 Å². The smallest absolute Gasteiger partial charge is 0.307 e. The van der Waals surface area contributed by atoms with E-state index in [0.29, 0.717) is 31.9 Å². The quantitative estimate of drug-likeness (QED) is 0.485. The first kappa shape index (κ1) is 19.0. The van der Waals surface area contributed by atoms with Crippen molar-refractivity contribution in [1.82, 2.24) is 4.90 Å². The standard InChI is InChI=1S/C17H25NO5/c1-14-5-7-15(8-6-14)23-13-16(19)18(10-4-12-21-2)11-9-17(20)22-3/h5-8H,4,9-13H2,1-3H3. The van der Waals surface area contributed by atoms with Gasteiger partial charge in [-0.3, -0.25) is 9.59 Å². The van der Waals surface area contributed by atoms with Crippen molar-refractivity contribution in [3.63, 3.8) is 0 Å². The fourth-order valence-corrected chi connectivity index (χ4v) is 1.96. The van der Waals surface area contributed by atoms with Crippen molar-refractivity contribution >= 4 is 11.9 Å². The Bertz CT molecular complexity index is 486. The number of hydrogen-bond acceptors (Lipinski definition) is 5. The summed E-state index contributed by atoms with van der Waals surface area (Å²) in [6.07, 6.45) is 0.869. The first-order chi connectivity index (χ1) is 11.1. The highest BCUT2D eigenvalue weighted by Gasteiger charge is 2.15. The lowest BCUT2D eigenvalue weighted by Gasteiger charge is -2.22. The predicted octanol–water partition coefficient (Wildman–Crippen LogP) is 1.80. The summed E-state index contributed by atoms with van der Waals surface area (Å²) in [6.45, 7) is 3.31. The topological polar surface area (TPSA) is 65.1 Å². The van der Waals surface area contributed by atoms with Crippen molar-refractivity contribution in [1.29, 1.82) is 0 Å². The molecule has 0 heterocycles. The second-order valence-electron chi connectivity index (χ2n) is 5.15. The van der Waals surface area contributed by atoms with Gasteiger partial charge in [-0.15, -0.1) is 0 Å². The maximum absolute atomic E-state index is 12.3. The number of nitrogens with zero attached hydrogens (tertiary/aromatic N) is 1. The highest BCUT2D eigenvalue weighted by Crippen LogP contribution is 2.11. The van der Waals surface area contributed by atoms with E-state index in [9.17, 15) is 9.59 Å². The molecule has 0 atom stereocenters. The van der Waals surface area contributed by atoms with Crippen LogP contribution in [0.4, 0.5) is 0 Å². The average Bonchev–Trinajstić information content (AvgIpc) is 2.56. The molecule has 1 aromatic carbocycles. The first-order valence-electron chi connectivity index (χ1n) is 7.59. The molecule has 0 N–H and O–H groups in total. The molecule has 1 rings (SSSR count). The van der Waals surface area contributed by atoms with E-state index in [1.165, 1.54) is 7.11 Å². The summed E-state index contributed by atoms with van der Waals surface area (Å²) in [5.41, 5.74) is 1.13. The third-order valence-electron chi connectivity index (χ3n) is 3.33. The molecule has 0 radical (unpaired) electrons. The Balaban J connectivity index is 2.51. The molecule has 0 spiro atoms. The number of aryl methyl sites for hydroxylation is 1. The van der Waals surface area contributed by atoms with Crippen LogP contribution < -0.4 is 4.74 Å². The van der Waals surface area contributed by atoms with Gasteiger partial charge in [0.05, 0.1) is 13.5 Å². The zero-order chi connectivity index (χ0) is 17.1. The highest BCUT2D eigenvalue weighted by molar-refractivity contribution is 5.78. The van der Waals surface area contributed by atoms with Gasteiger partial charge in [0.1, 0.15) is 5.75 Å². The van der Waals surface area contributed by atoms with Crippen LogP contribution in [0, 0.1) is 6.92 Å². The molecule has 0 fully saturated rings. The predicted molar refractivity (Wildman–Crippen MR) is 86.4 cm³/mol. The summed E-state index contributed by atoms with van der Waals surface area (Å²) in [5, 5.41) is 0. The molecule has 0 aliphatic rings. The van der Waals surface area contributed by atoms with Crippen LogP contribution >= 0.6 is 0 Å². The normalized spacial score (nSPS) is 10.2. The van der Waals surface area contributed by atoms with Crippen LogP contribution in [0.15, 0.2) is 24.3 Å². The Kier molecular flexibility index (Phi) is 8.75. The van der Waals surface area contributed by atoms with E-state index < -0.39 is 0 Å². The minimum Gasteiger partial charge on any atom is -0.484 e. The molecule has 6 heteroatoms. The van der Waals surface area contributed by atoms with Crippen molar-refractivity contribution < 1.29 is 23.8 Å². The summed E-state index contributed by atoms with van der Waals surface area (Å²) < 4.78 is 15.1. The summed E-state index contributed by atoms with van der Waals surface area (Å²) in [4.78, 5) is 25.2. The Labute approximate surface area is 137 Å². The second kappa shape index (κ2) is 10.6. The number of hydrogen-bond donors (Lipinski definition) is 0. The van der Waals surface area contributed by atoms with Crippen LogP contribution in [0.3, 0.4) is 0 Å². The zero-order valence-electron chi connectivity index (χ0n) is 14.0. The molecule has 0 aliphatic heterocycles. The minimum absolute atomic E-state index is 0.0583. The van der Waals surface area contributed by atoms with Gasteiger partial charge in [-0.1, -0.05) is 17.7 Å². The van der Waals surface area contributed by atoms with Gasteiger partial charge in [0, 0.05) is 26.8 Å². The van der Waals surface area contributed by atoms with Crippen LogP contribution in [0.2, 0.25) is 0 Å². The van der Waals surface area contributed by atoms with Crippen molar-refractivity contribution in [2.45, 2.75) is 19.8 Å². The molecule has 0 saturated carbocycles. The number of methoxy groups -OCH3 is 2. The summed E-state index contributed by atoms with van der Waals surface area (Å²) in [7, 11) is 2.95. The second-order valence-corrected chi connectivity index (χ2v) is 5.15. The Morgan fingerprint density at radius 1 is 1.09 bits per heavy atom. The van der Waals surface area contributed by atoms with E-state index in [-0.39, 0.29) is 24.9 Å². The SMILES string of the molecule is COCCCN(CCC(=O)OC)C(=O)COc1ccc(C)cc1. The molecule has 1 amide bonds. The number of esters is 1. The van der Waals surface area contributed by atoms with Gasteiger partial charge >= 0.3 is 5.97 Å². The molecule has 0 saturated heterocycles. The molecule has 0 bridgehead atoms. The van der Waals surface area contributed by atoms with Crippen LogP contribution in [0.5, 0.6) is 5.75 Å². The maximum atomic E-state index is 12.3. The van der Waals surface area contributed by atoms with Gasteiger partial charge in [-0.25, -0.2) is 0 Å². The molecule has 0 unspecified atom stereocenters. The summed E-state index contributed by atoms with van der Waals surface area (Å²) in [6, 6.07) is 7.50. The van der Waals surface area contributed by atoms with Gasteiger partial charge in [0.15, 0.2) is 6.61 Å². The number of ether oxygens (including phenoxy) is 3. The third kappa shape index (κ3) is 7.65.